The van der Waals surface area contributed by atoms with Crippen molar-refractivity contribution in [3.05, 3.63) is 0 Å². The summed E-state index contributed by atoms with van der Waals surface area (Å²) in [4.78, 5) is 0. The topological polar surface area (TPSA) is 0 Å². The molecule has 6 bridgehead atoms. The highest BCUT2D eigenvalue weighted by molar-refractivity contribution is 5.33. The molecule has 5 saturated carbocycles. The molecule has 0 spiro atoms. The molecule has 0 aliphatic heterocycles. The summed E-state index contributed by atoms with van der Waals surface area (Å²) in [7, 11) is 0. The summed E-state index contributed by atoms with van der Waals surface area (Å²) in [5, 5.41) is 0. The smallest absolute Gasteiger partial charge is 0.0204 e. The fraction of sp³-hybridized carbons (Fsp3) is 1.00. The minimum Gasteiger partial charge on any atom is -0.0625 e. The van der Waals surface area contributed by atoms with Gasteiger partial charge in [-0.3, -0.25) is 0 Å². The monoisotopic (exact) mass is 204 g/mol. The first-order valence-corrected chi connectivity index (χ1v) is 7.02. The minimum atomic E-state index is 0.762. The first-order chi connectivity index (χ1) is 7.02. The van der Waals surface area contributed by atoms with Crippen LogP contribution in [0.1, 0.15) is 47.0 Å². The van der Waals surface area contributed by atoms with Crippen molar-refractivity contribution in [3.63, 3.8) is 0 Å². The van der Waals surface area contributed by atoms with E-state index in [4.69, 9.17) is 0 Å². The van der Waals surface area contributed by atoms with Gasteiger partial charge in [0.1, 0.15) is 0 Å². The van der Waals surface area contributed by atoms with Gasteiger partial charge < -0.3 is 0 Å². The normalized spacial score (nSPS) is 69.0. The number of hydrogen-bond acceptors (Lipinski definition) is 0. The van der Waals surface area contributed by atoms with Gasteiger partial charge in [-0.15, -0.1) is 0 Å². The lowest BCUT2D eigenvalue weighted by Gasteiger charge is -2.44. The van der Waals surface area contributed by atoms with Crippen LogP contribution in [-0.4, -0.2) is 0 Å². The first kappa shape index (κ1) is 9.07. The molecule has 84 valence electrons. The van der Waals surface area contributed by atoms with E-state index in [9.17, 15) is 0 Å². The fourth-order valence-corrected chi connectivity index (χ4v) is 6.72. The van der Waals surface area contributed by atoms with Crippen LogP contribution in [0.2, 0.25) is 0 Å². The SMILES string of the molecule is CC(C)[C@@H]1CC[C@]2(C)[C@H]3C[C@@H]4[C@H]([C@@H]13)[C@@]42C. The van der Waals surface area contributed by atoms with E-state index in [0.29, 0.717) is 0 Å². The summed E-state index contributed by atoms with van der Waals surface area (Å²) in [5.41, 5.74) is 1.56. The summed E-state index contributed by atoms with van der Waals surface area (Å²) >= 11 is 0. The molecule has 0 radical (unpaired) electrons. The lowest BCUT2D eigenvalue weighted by molar-refractivity contribution is 0.0483. The largest absolute Gasteiger partial charge is 0.0625 e. The quantitative estimate of drug-likeness (QED) is 0.606. The highest BCUT2D eigenvalue weighted by Crippen LogP contribution is 2.91. The second-order valence-electron chi connectivity index (χ2n) is 7.70. The van der Waals surface area contributed by atoms with E-state index >= 15 is 0 Å². The first-order valence-electron chi connectivity index (χ1n) is 7.02. The standard InChI is InChI=1S/C15H24/c1-8(2)9-5-6-14(3)10-7-11-13(12(9)10)15(11,14)4/h8-13H,5-7H2,1-4H3/t9-,10-,11+,12-,13+,14+,15+/m0/s1. The van der Waals surface area contributed by atoms with Crippen molar-refractivity contribution in [2.24, 2.45) is 46.3 Å². The summed E-state index contributed by atoms with van der Waals surface area (Å²) in [5.74, 6) is 6.57. The summed E-state index contributed by atoms with van der Waals surface area (Å²) in [6, 6.07) is 0. The molecule has 5 aliphatic rings. The average molecular weight is 204 g/mol. The fourth-order valence-electron chi connectivity index (χ4n) is 6.72. The van der Waals surface area contributed by atoms with Gasteiger partial charge in [-0.25, -0.2) is 0 Å². The van der Waals surface area contributed by atoms with E-state index in [1.807, 2.05) is 0 Å². The Morgan fingerprint density at radius 2 is 1.87 bits per heavy atom. The second kappa shape index (κ2) is 2.17. The molecule has 0 heterocycles. The molecular formula is C15H24. The Bertz CT molecular complexity index is 329. The number of rotatable bonds is 1. The molecule has 5 aliphatic carbocycles. The third-order valence-corrected chi connectivity index (χ3v) is 7.57. The molecule has 0 saturated heterocycles. The zero-order valence-electron chi connectivity index (χ0n) is 10.6. The Balaban J connectivity index is 1.80. The highest BCUT2D eigenvalue weighted by atomic mass is 14.9. The van der Waals surface area contributed by atoms with Gasteiger partial charge in [0.25, 0.3) is 0 Å². The number of hydrogen-bond donors (Lipinski definition) is 0. The van der Waals surface area contributed by atoms with Crippen molar-refractivity contribution < 1.29 is 0 Å². The Kier molecular flexibility index (Phi) is 1.31. The van der Waals surface area contributed by atoms with Crippen molar-refractivity contribution >= 4 is 0 Å². The van der Waals surface area contributed by atoms with Crippen molar-refractivity contribution in [2.75, 3.05) is 0 Å². The molecule has 0 N–H and O–H groups in total. The van der Waals surface area contributed by atoms with Gasteiger partial charge in [-0.05, 0) is 65.6 Å². The molecule has 0 aromatic carbocycles. The predicted molar refractivity (Wildman–Crippen MR) is 62.4 cm³/mol. The van der Waals surface area contributed by atoms with E-state index in [-0.39, 0.29) is 0 Å². The predicted octanol–water partition coefficient (Wildman–Crippen LogP) is 3.96. The molecule has 0 aromatic rings. The Labute approximate surface area is 93.8 Å². The van der Waals surface area contributed by atoms with E-state index in [1.165, 1.54) is 6.42 Å². The zero-order valence-corrected chi connectivity index (χ0v) is 10.6. The maximum absolute atomic E-state index is 2.63. The third kappa shape index (κ3) is 0.666. The third-order valence-electron chi connectivity index (χ3n) is 7.57. The van der Waals surface area contributed by atoms with Crippen molar-refractivity contribution in [1.29, 1.82) is 0 Å². The summed E-state index contributed by atoms with van der Waals surface area (Å²) < 4.78 is 0. The molecule has 5 rings (SSSR count). The van der Waals surface area contributed by atoms with Gasteiger partial charge in [-0.2, -0.15) is 0 Å². The average Bonchev–Trinajstić information content (AvgIpc) is 2.49. The van der Waals surface area contributed by atoms with Gasteiger partial charge in [0.2, 0.25) is 0 Å². The van der Waals surface area contributed by atoms with E-state index < -0.39 is 0 Å². The lowest BCUT2D eigenvalue weighted by atomic mass is 9.61. The van der Waals surface area contributed by atoms with Crippen molar-refractivity contribution in [3.8, 4) is 0 Å². The van der Waals surface area contributed by atoms with Crippen LogP contribution in [0.25, 0.3) is 0 Å². The van der Waals surface area contributed by atoms with E-state index in [1.54, 1.807) is 12.8 Å². The molecule has 0 nitrogen and oxygen atoms in total. The molecule has 0 aromatic heterocycles. The van der Waals surface area contributed by atoms with Crippen LogP contribution >= 0.6 is 0 Å². The van der Waals surface area contributed by atoms with Crippen LogP contribution < -0.4 is 0 Å². The molecule has 5 fully saturated rings. The zero-order chi connectivity index (χ0) is 10.6. The van der Waals surface area contributed by atoms with Crippen molar-refractivity contribution in [1.82, 2.24) is 0 Å². The van der Waals surface area contributed by atoms with E-state index in [2.05, 4.69) is 27.7 Å². The minimum absolute atomic E-state index is 0.762. The summed E-state index contributed by atoms with van der Waals surface area (Å²) in [6.07, 6.45) is 4.68. The van der Waals surface area contributed by atoms with Crippen LogP contribution in [0.5, 0.6) is 0 Å². The lowest BCUT2D eigenvalue weighted by Crippen LogP contribution is -2.37. The Morgan fingerprint density at radius 3 is 2.47 bits per heavy atom. The maximum Gasteiger partial charge on any atom is -0.0204 e. The van der Waals surface area contributed by atoms with Crippen LogP contribution in [0.4, 0.5) is 0 Å². The Hall–Kier alpha value is 0. The van der Waals surface area contributed by atoms with Crippen molar-refractivity contribution in [2.45, 2.75) is 47.0 Å². The van der Waals surface area contributed by atoms with Gasteiger partial charge in [-0.1, -0.05) is 27.7 Å². The summed E-state index contributed by atoms with van der Waals surface area (Å²) in [6.45, 7) is 10.2. The maximum atomic E-state index is 2.63. The molecular weight excluding hydrogens is 180 g/mol. The molecule has 0 heteroatoms. The highest BCUT2D eigenvalue weighted by Gasteiger charge is 2.86. The van der Waals surface area contributed by atoms with Gasteiger partial charge in [0.05, 0.1) is 0 Å². The molecule has 0 unspecified atom stereocenters. The second-order valence-corrected chi connectivity index (χ2v) is 7.70. The molecule has 7 atom stereocenters. The Morgan fingerprint density at radius 1 is 1.13 bits per heavy atom. The van der Waals surface area contributed by atoms with Gasteiger partial charge in [0.15, 0.2) is 0 Å². The van der Waals surface area contributed by atoms with Gasteiger partial charge in [0, 0.05) is 0 Å². The van der Waals surface area contributed by atoms with Gasteiger partial charge >= 0.3 is 0 Å². The van der Waals surface area contributed by atoms with E-state index in [0.717, 1.165) is 46.3 Å². The van der Waals surface area contributed by atoms with Crippen LogP contribution in [0.15, 0.2) is 0 Å². The van der Waals surface area contributed by atoms with Crippen LogP contribution in [0.3, 0.4) is 0 Å². The molecule has 0 amide bonds. The molecule has 15 heavy (non-hydrogen) atoms. The van der Waals surface area contributed by atoms with Crippen LogP contribution in [-0.2, 0) is 0 Å². The van der Waals surface area contributed by atoms with Crippen LogP contribution in [0, 0.1) is 46.3 Å².